The van der Waals surface area contributed by atoms with Crippen LogP contribution < -0.4 is 0 Å². The summed E-state index contributed by atoms with van der Waals surface area (Å²) in [7, 11) is 0. The maximum atomic E-state index is 11.2. The van der Waals surface area contributed by atoms with E-state index in [0.717, 1.165) is 0 Å². The van der Waals surface area contributed by atoms with Gasteiger partial charge in [-0.1, -0.05) is 0 Å². The summed E-state index contributed by atoms with van der Waals surface area (Å²) in [5, 5.41) is 0. The van der Waals surface area contributed by atoms with E-state index >= 15 is 0 Å². The minimum atomic E-state index is -0.831. The van der Waals surface area contributed by atoms with Gasteiger partial charge in [0.2, 0.25) is 0 Å². The van der Waals surface area contributed by atoms with Gasteiger partial charge in [0.25, 0.3) is 0 Å². The van der Waals surface area contributed by atoms with Crippen molar-refractivity contribution in [2.45, 2.75) is 6.42 Å². The van der Waals surface area contributed by atoms with Crippen molar-refractivity contribution in [3.8, 4) is 0 Å². The van der Waals surface area contributed by atoms with E-state index in [2.05, 4.69) is 4.74 Å². The predicted molar refractivity (Wildman–Crippen MR) is 22.7 cm³/mol. The minimum Gasteiger partial charge on any atom is -0.395 e. The van der Waals surface area contributed by atoms with Crippen LogP contribution in [-0.4, -0.2) is 19.1 Å². The monoisotopic (exact) mass is 120 g/mol. The summed E-state index contributed by atoms with van der Waals surface area (Å²) < 4.78 is 14.9. The molecule has 0 spiro atoms. The van der Waals surface area contributed by atoms with Crippen LogP contribution >= 0.6 is 0 Å². The molecule has 0 fully saturated rings. The molecule has 8 heavy (non-hydrogen) atoms. The Kier molecular flexibility index (Phi) is 3.74. The molecule has 0 bridgehead atoms. The highest BCUT2D eigenvalue weighted by atomic mass is 19.1. The highest BCUT2D eigenvalue weighted by molar-refractivity contribution is 5.76. The molecule has 0 aromatic heterocycles. The van der Waals surface area contributed by atoms with Crippen LogP contribution in [0.2, 0.25) is 0 Å². The van der Waals surface area contributed by atoms with Crippen molar-refractivity contribution in [2.24, 2.45) is 0 Å². The zero-order valence-corrected chi connectivity index (χ0v) is 4.09. The van der Waals surface area contributed by atoms with Crippen molar-refractivity contribution in [3.63, 3.8) is 0 Å². The molecule has 0 atom stereocenters. The molecule has 0 aliphatic heterocycles. The van der Waals surface area contributed by atoms with Crippen LogP contribution in [0.3, 0.4) is 0 Å². The number of halogens is 1. The van der Waals surface area contributed by atoms with Crippen molar-refractivity contribution in [1.82, 2.24) is 0 Å². The average molecular weight is 120 g/mol. The second-order valence-corrected chi connectivity index (χ2v) is 1.03. The summed E-state index contributed by atoms with van der Waals surface area (Å²) in [5.74, 6) is -0.831. The van der Waals surface area contributed by atoms with Crippen LogP contribution in [0.5, 0.6) is 0 Å². The van der Waals surface area contributed by atoms with Crippen LogP contribution in [0.15, 0.2) is 0 Å². The summed E-state index contributed by atoms with van der Waals surface area (Å²) in [6.07, 6.45) is -0.348. The lowest BCUT2D eigenvalue weighted by Gasteiger charge is -1.87. The first-order valence-electron chi connectivity index (χ1n) is 2.00. The number of esters is 1. The zero-order valence-electron chi connectivity index (χ0n) is 4.09. The standard InChI is InChI=1S/C4H5FO3/c5-2-1-4(7)8-3-6/h3H,1-2H2. The molecular weight excluding hydrogens is 115 g/mol. The van der Waals surface area contributed by atoms with Gasteiger partial charge in [0.05, 0.1) is 13.1 Å². The average Bonchev–Trinajstić information content (AvgIpc) is 1.68. The van der Waals surface area contributed by atoms with Gasteiger partial charge in [0.15, 0.2) is 0 Å². The largest absolute Gasteiger partial charge is 0.395 e. The number of ether oxygens (including phenoxy) is 1. The minimum absolute atomic E-state index is 0.0159. The van der Waals surface area contributed by atoms with Crippen LogP contribution in [0.25, 0.3) is 0 Å². The number of hydrogen-bond acceptors (Lipinski definition) is 3. The molecule has 0 rings (SSSR count). The van der Waals surface area contributed by atoms with Crippen molar-refractivity contribution >= 4 is 12.4 Å². The van der Waals surface area contributed by atoms with E-state index in [4.69, 9.17) is 0 Å². The third kappa shape index (κ3) is 3.27. The highest BCUT2D eigenvalue weighted by Crippen LogP contribution is 1.82. The molecule has 0 saturated carbocycles. The van der Waals surface area contributed by atoms with Crippen molar-refractivity contribution < 1.29 is 18.7 Å². The van der Waals surface area contributed by atoms with Gasteiger partial charge in [-0.25, -0.2) is 0 Å². The fourth-order valence-corrected chi connectivity index (χ4v) is 0.190. The SMILES string of the molecule is O=COC(=O)CCF. The number of carbonyl (C=O) groups excluding carboxylic acids is 2. The van der Waals surface area contributed by atoms with Crippen molar-refractivity contribution in [1.29, 1.82) is 0 Å². The Hall–Kier alpha value is -0.930. The molecule has 0 radical (unpaired) electrons. The van der Waals surface area contributed by atoms with Crippen LogP contribution in [0.4, 0.5) is 4.39 Å². The molecule has 0 amide bonds. The number of rotatable bonds is 3. The Bertz CT molecular complexity index is 91.3. The Morgan fingerprint density at radius 1 is 1.75 bits per heavy atom. The van der Waals surface area contributed by atoms with Gasteiger partial charge in [-0.15, -0.1) is 0 Å². The molecule has 4 heteroatoms. The summed E-state index contributed by atoms with van der Waals surface area (Å²) in [6, 6.07) is 0. The van der Waals surface area contributed by atoms with Crippen LogP contribution in [0.1, 0.15) is 6.42 Å². The molecule has 0 aromatic carbocycles. The summed E-state index contributed by atoms with van der Waals surface area (Å²) in [5.41, 5.74) is 0. The molecule has 0 aliphatic rings. The predicted octanol–water partition coefficient (Wildman–Crippen LogP) is 0.0456. The van der Waals surface area contributed by atoms with Gasteiger partial charge >= 0.3 is 12.4 Å². The first-order chi connectivity index (χ1) is 3.81. The molecule has 0 saturated heterocycles. The Morgan fingerprint density at radius 3 is 2.75 bits per heavy atom. The Morgan fingerprint density at radius 2 is 2.38 bits per heavy atom. The molecule has 0 heterocycles. The lowest BCUT2D eigenvalue weighted by molar-refractivity contribution is -0.151. The fraction of sp³-hybridized carbons (Fsp3) is 0.500. The summed E-state index contributed by atoms with van der Waals surface area (Å²) in [6.45, 7) is -0.801. The Labute approximate surface area is 45.4 Å². The first kappa shape index (κ1) is 7.07. The maximum Gasteiger partial charge on any atom is 0.315 e. The lowest BCUT2D eigenvalue weighted by atomic mass is 10.5. The van der Waals surface area contributed by atoms with Gasteiger partial charge < -0.3 is 4.74 Å². The van der Waals surface area contributed by atoms with E-state index in [1.165, 1.54) is 0 Å². The molecule has 0 N–H and O–H groups in total. The molecular formula is C4H5FO3. The van der Waals surface area contributed by atoms with E-state index in [1.807, 2.05) is 0 Å². The van der Waals surface area contributed by atoms with Crippen LogP contribution in [0, 0.1) is 0 Å². The van der Waals surface area contributed by atoms with Crippen molar-refractivity contribution in [3.05, 3.63) is 0 Å². The third-order valence-corrected chi connectivity index (χ3v) is 0.478. The van der Waals surface area contributed by atoms with Crippen LogP contribution in [-0.2, 0) is 14.3 Å². The van der Waals surface area contributed by atoms with Gasteiger partial charge in [-0.3, -0.25) is 14.0 Å². The van der Waals surface area contributed by atoms with Gasteiger partial charge in [-0.2, -0.15) is 0 Å². The quantitative estimate of drug-likeness (QED) is 0.300. The van der Waals surface area contributed by atoms with Gasteiger partial charge in [0.1, 0.15) is 0 Å². The fourth-order valence-electron chi connectivity index (χ4n) is 0.190. The van der Waals surface area contributed by atoms with E-state index in [9.17, 15) is 14.0 Å². The number of alkyl halides is 1. The van der Waals surface area contributed by atoms with Gasteiger partial charge in [0, 0.05) is 0 Å². The second kappa shape index (κ2) is 4.23. The van der Waals surface area contributed by atoms with E-state index in [-0.39, 0.29) is 12.9 Å². The van der Waals surface area contributed by atoms with Crippen molar-refractivity contribution in [2.75, 3.05) is 6.67 Å². The molecule has 0 aliphatic carbocycles. The topological polar surface area (TPSA) is 43.4 Å². The Balaban J connectivity index is 3.18. The van der Waals surface area contributed by atoms with Gasteiger partial charge in [-0.05, 0) is 0 Å². The molecule has 3 nitrogen and oxygen atoms in total. The number of hydrogen-bond donors (Lipinski definition) is 0. The number of carbonyl (C=O) groups is 2. The normalized spacial score (nSPS) is 8.12. The summed E-state index contributed by atoms with van der Waals surface area (Å²) >= 11 is 0. The smallest absolute Gasteiger partial charge is 0.315 e. The highest BCUT2D eigenvalue weighted by Gasteiger charge is 1.98. The molecule has 0 aromatic rings. The summed E-state index contributed by atoms with van der Waals surface area (Å²) in [4.78, 5) is 19.3. The van der Waals surface area contributed by atoms with E-state index in [0.29, 0.717) is 0 Å². The second-order valence-electron chi connectivity index (χ2n) is 1.03. The molecule has 0 unspecified atom stereocenters. The van der Waals surface area contributed by atoms with E-state index < -0.39 is 12.6 Å². The molecule has 46 valence electrons. The third-order valence-electron chi connectivity index (χ3n) is 0.478. The maximum absolute atomic E-state index is 11.2. The van der Waals surface area contributed by atoms with E-state index in [1.54, 1.807) is 0 Å². The zero-order chi connectivity index (χ0) is 6.41. The first-order valence-corrected chi connectivity index (χ1v) is 2.00. The lowest BCUT2D eigenvalue weighted by Crippen LogP contribution is -2.02.